The van der Waals surface area contributed by atoms with Gasteiger partial charge in [0.15, 0.2) is 6.61 Å². The third-order valence-corrected chi connectivity index (χ3v) is 6.35. The summed E-state index contributed by atoms with van der Waals surface area (Å²) < 4.78 is 12.1. The molecule has 2 rings (SSSR count). The van der Waals surface area contributed by atoms with Crippen LogP contribution >= 0.6 is 15.9 Å². The van der Waals surface area contributed by atoms with E-state index in [1.165, 1.54) is 0 Å². The molecule has 32 heavy (non-hydrogen) atoms. The molecule has 0 heterocycles. The number of ether oxygens (including phenoxy) is 2. The number of halogens is 1. The molecule has 1 atom stereocenters. The Morgan fingerprint density at radius 1 is 1.06 bits per heavy atom. The highest BCUT2D eigenvalue weighted by Crippen LogP contribution is 2.26. The van der Waals surface area contributed by atoms with Crippen molar-refractivity contribution in [1.29, 1.82) is 0 Å². The van der Waals surface area contributed by atoms with E-state index in [0.717, 1.165) is 26.9 Å². The number of rotatable bonds is 10. The van der Waals surface area contributed by atoms with Crippen molar-refractivity contribution in [3.63, 3.8) is 0 Å². The summed E-state index contributed by atoms with van der Waals surface area (Å²) in [6.45, 7) is 9.82. The summed E-state index contributed by atoms with van der Waals surface area (Å²) in [7, 11) is 1.61. The normalized spacial score (nSPS) is 11.8. The van der Waals surface area contributed by atoms with Crippen molar-refractivity contribution in [3.8, 4) is 11.5 Å². The molecule has 0 saturated carbocycles. The van der Waals surface area contributed by atoms with Gasteiger partial charge >= 0.3 is 0 Å². The lowest BCUT2D eigenvalue weighted by Gasteiger charge is -2.31. The average Bonchev–Trinajstić information content (AvgIpc) is 2.75. The molecule has 0 aliphatic heterocycles. The molecule has 1 N–H and O–H groups in total. The van der Waals surface area contributed by atoms with Crippen LogP contribution in [0, 0.1) is 13.8 Å². The second kappa shape index (κ2) is 11.9. The van der Waals surface area contributed by atoms with Gasteiger partial charge < -0.3 is 19.7 Å². The highest BCUT2D eigenvalue weighted by Gasteiger charge is 2.29. The third kappa shape index (κ3) is 6.99. The van der Waals surface area contributed by atoms with E-state index < -0.39 is 6.04 Å². The molecule has 2 aromatic carbocycles. The number of nitrogens with one attached hydrogen (secondary N) is 1. The largest absolute Gasteiger partial charge is 0.497 e. The SMILES string of the molecule is CCC(C(=O)NC(C)C)N(Cc1ccc(OC)cc1)C(=O)COc1cc(C)c(Br)c(C)c1. The molecule has 0 fully saturated rings. The zero-order valence-corrected chi connectivity index (χ0v) is 21.3. The Bertz CT molecular complexity index is 905. The number of carbonyl (C=O) groups excluding carboxylic acids is 2. The number of benzene rings is 2. The van der Waals surface area contributed by atoms with Gasteiger partial charge in [0.25, 0.3) is 5.91 Å². The maximum absolute atomic E-state index is 13.3. The molecule has 0 saturated heterocycles. The first-order valence-corrected chi connectivity index (χ1v) is 11.6. The van der Waals surface area contributed by atoms with Crippen LogP contribution < -0.4 is 14.8 Å². The van der Waals surface area contributed by atoms with Gasteiger partial charge in [0.2, 0.25) is 5.91 Å². The molecular formula is C25H33BrN2O4. The molecule has 6 nitrogen and oxygen atoms in total. The van der Waals surface area contributed by atoms with Gasteiger partial charge in [0, 0.05) is 17.1 Å². The highest BCUT2D eigenvalue weighted by atomic mass is 79.9. The average molecular weight is 505 g/mol. The minimum Gasteiger partial charge on any atom is -0.497 e. The van der Waals surface area contributed by atoms with E-state index in [1.54, 1.807) is 12.0 Å². The molecule has 0 aliphatic carbocycles. The third-order valence-electron chi connectivity index (χ3n) is 5.10. The fraction of sp³-hybridized carbons (Fsp3) is 0.440. The zero-order valence-electron chi connectivity index (χ0n) is 19.7. The number of methoxy groups -OCH3 is 1. The van der Waals surface area contributed by atoms with Crippen LogP contribution in [0.1, 0.15) is 43.9 Å². The number of nitrogens with zero attached hydrogens (tertiary/aromatic N) is 1. The Morgan fingerprint density at radius 3 is 2.16 bits per heavy atom. The first kappa shape index (κ1) is 25.7. The fourth-order valence-electron chi connectivity index (χ4n) is 3.45. The van der Waals surface area contributed by atoms with Crippen LogP contribution in [-0.2, 0) is 16.1 Å². The molecule has 7 heteroatoms. The highest BCUT2D eigenvalue weighted by molar-refractivity contribution is 9.10. The number of aryl methyl sites for hydroxylation is 2. The molecule has 2 amide bonds. The van der Waals surface area contributed by atoms with Crippen molar-refractivity contribution in [3.05, 3.63) is 57.6 Å². The summed E-state index contributed by atoms with van der Waals surface area (Å²) >= 11 is 3.54. The second-order valence-corrected chi connectivity index (χ2v) is 8.91. The lowest BCUT2D eigenvalue weighted by atomic mass is 10.1. The predicted molar refractivity (Wildman–Crippen MR) is 130 cm³/mol. The van der Waals surface area contributed by atoms with Gasteiger partial charge in [0.1, 0.15) is 17.5 Å². The molecule has 0 spiro atoms. The standard InChI is InChI=1S/C25H33BrN2O4/c1-7-22(25(30)27-16(2)3)28(14-19-8-10-20(31-6)11-9-19)23(29)15-32-21-12-17(4)24(26)18(5)13-21/h8-13,16,22H,7,14-15H2,1-6H3,(H,27,30). The smallest absolute Gasteiger partial charge is 0.261 e. The van der Waals surface area contributed by atoms with Crippen LogP contribution in [0.3, 0.4) is 0 Å². The summed E-state index contributed by atoms with van der Waals surface area (Å²) in [4.78, 5) is 27.7. The Morgan fingerprint density at radius 2 is 1.66 bits per heavy atom. The van der Waals surface area contributed by atoms with Crippen LogP contribution in [-0.4, -0.2) is 42.5 Å². The molecule has 1 unspecified atom stereocenters. The van der Waals surface area contributed by atoms with Crippen molar-refractivity contribution in [1.82, 2.24) is 10.2 Å². The molecule has 0 aliphatic rings. The van der Waals surface area contributed by atoms with E-state index in [4.69, 9.17) is 9.47 Å². The number of carbonyl (C=O) groups is 2. The molecular weight excluding hydrogens is 472 g/mol. The Labute approximate surface area is 199 Å². The minimum absolute atomic E-state index is 0.0144. The monoisotopic (exact) mass is 504 g/mol. The van der Waals surface area contributed by atoms with E-state index in [9.17, 15) is 9.59 Å². The Balaban J connectivity index is 2.24. The minimum atomic E-state index is -0.594. The molecule has 174 valence electrons. The van der Waals surface area contributed by atoms with E-state index in [1.807, 2.05) is 71.0 Å². The molecule has 0 bridgehead atoms. The van der Waals surface area contributed by atoms with E-state index >= 15 is 0 Å². The lowest BCUT2D eigenvalue weighted by Crippen LogP contribution is -2.51. The van der Waals surface area contributed by atoms with E-state index in [2.05, 4.69) is 21.2 Å². The van der Waals surface area contributed by atoms with Gasteiger partial charge in [-0.15, -0.1) is 0 Å². The second-order valence-electron chi connectivity index (χ2n) is 8.12. The molecule has 0 aromatic heterocycles. The number of amides is 2. The van der Waals surface area contributed by atoms with Crippen LogP contribution in [0.2, 0.25) is 0 Å². The van der Waals surface area contributed by atoms with Crippen LogP contribution in [0.25, 0.3) is 0 Å². The summed E-state index contributed by atoms with van der Waals surface area (Å²) in [5.41, 5.74) is 2.97. The Kier molecular flexibility index (Phi) is 9.57. The first-order valence-electron chi connectivity index (χ1n) is 10.8. The van der Waals surface area contributed by atoms with Crippen molar-refractivity contribution in [2.45, 2.75) is 59.7 Å². The summed E-state index contributed by atoms with van der Waals surface area (Å²) in [6, 6.07) is 10.7. The van der Waals surface area contributed by atoms with Crippen LogP contribution in [0.4, 0.5) is 0 Å². The summed E-state index contributed by atoms with van der Waals surface area (Å²) in [5, 5.41) is 2.93. The lowest BCUT2D eigenvalue weighted by molar-refractivity contribution is -0.143. The first-order chi connectivity index (χ1) is 15.2. The topological polar surface area (TPSA) is 67.9 Å². The van der Waals surface area contributed by atoms with Crippen LogP contribution in [0.15, 0.2) is 40.9 Å². The maximum Gasteiger partial charge on any atom is 0.261 e. The number of hydrogen-bond donors (Lipinski definition) is 1. The van der Waals surface area contributed by atoms with Gasteiger partial charge in [-0.1, -0.05) is 35.0 Å². The van der Waals surface area contributed by atoms with Crippen molar-refractivity contribution in [2.75, 3.05) is 13.7 Å². The number of hydrogen-bond acceptors (Lipinski definition) is 4. The predicted octanol–water partition coefficient (Wildman–Crippen LogP) is 4.79. The molecule has 2 aromatic rings. The quantitative estimate of drug-likeness (QED) is 0.505. The maximum atomic E-state index is 13.3. The fourth-order valence-corrected chi connectivity index (χ4v) is 3.67. The zero-order chi connectivity index (χ0) is 23.8. The van der Waals surface area contributed by atoms with Gasteiger partial charge in [-0.2, -0.15) is 0 Å². The van der Waals surface area contributed by atoms with Gasteiger partial charge in [0.05, 0.1) is 7.11 Å². The van der Waals surface area contributed by atoms with Crippen molar-refractivity contribution < 1.29 is 19.1 Å². The van der Waals surface area contributed by atoms with Crippen LogP contribution in [0.5, 0.6) is 11.5 Å². The van der Waals surface area contributed by atoms with E-state index in [0.29, 0.717) is 18.7 Å². The molecule has 0 radical (unpaired) electrons. The van der Waals surface area contributed by atoms with E-state index in [-0.39, 0.29) is 24.5 Å². The van der Waals surface area contributed by atoms with Crippen molar-refractivity contribution >= 4 is 27.7 Å². The van der Waals surface area contributed by atoms with Gasteiger partial charge in [-0.05, 0) is 75.1 Å². The van der Waals surface area contributed by atoms with Gasteiger partial charge in [-0.25, -0.2) is 0 Å². The van der Waals surface area contributed by atoms with Crippen molar-refractivity contribution in [2.24, 2.45) is 0 Å². The summed E-state index contributed by atoms with van der Waals surface area (Å²) in [6.07, 6.45) is 0.497. The van der Waals surface area contributed by atoms with Gasteiger partial charge in [-0.3, -0.25) is 9.59 Å². The summed E-state index contributed by atoms with van der Waals surface area (Å²) in [5.74, 6) is 0.950. The Hall–Kier alpha value is -2.54.